The second-order valence-corrected chi connectivity index (χ2v) is 7.75. The number of benzene rings is 3. The summed E-state index contributed by atoms with van der Waals surface area (Å²) in [4.78, 5) is 12.4. The molecule has 0 heterocycles. The van der Waals surface area contributed by atoms with Gasteiger partial charge in [0.1, 0.15) is 6.61 Å². The predicted octanol–water partition coefficient (Wildman–Crippen LogP) is 4.15. The van der Waals surface area contributed by atoms with Crippen molar-refractivity contribution < 1.29 is 17.9 Å². The van der Waals surface area contributed by atoms with Gasteiger partial charge >= 0.3 is 5.97 Å². The maximum atomic E-state index is 12.4. The van der Waals surface area contributed by atoms with Gasteiger partial charge in [-0.2, -0.15) is 0 Å². The van der Waals surface area contributed by atoms with Gasteiger partial charge in [-0.05, 0) is 42.8 Å². The van der Waals surface area contributed by atoms with Gasteiger partial charge in [-0.1, -0.05) is 54.1 Å². The van der Waals surface area contributed by atoms with Gasteiger partial charge in [0.25, 0.3) is 10.0 Å². The fourth-order valence-electron chi connectivity index (χ4n) is 2.56. The molecule has 0 radical (unpaired) electrons. The van der Waals surface area contributed by atoms with Gasteiger partial charge < -0.3 is 4.74 Å². The zero-order valence-electron chi connectivity index (χ0n) is 14.8. The normalized spacial score (nSPS) is 11.0. The van der Waals surface area contributed by atoms with Gasteiger partial charge in [0.05, 0.1) is 10.5 Å². The van der Waals surface area contributed by atoms with Gasteiger partial charge in [0.2, 0.25) is 0 Å². The van der Waals surface area contributed by atoms with E-state index in [-0.39, 0.29) is 17.1 Å². The molecule has 0 aromatic heterocycles. The van der Waals surface area contributed by atoms with E-state index in [9.17, 15) is 13.2 Å². The summed E-state index contributed by atoms with van der Waals surface area (Å²) in [5, 5.41) is 0. The topological polar surface area (TPSA) is 72.5 Å². The zero-order valence-corrected chi connectivity index (χ0v) is 15.6. The van der Waals surface area contributed by atoms with Gasteiger partial charge in [0.15, 0.2) is 0 Å². The highest BCUT2D eigenvalue weighted by Gasteiger charge is 2.15. The number of carbonyl (C=O) groups is 1. The molecule has 27 heavy (non-hydrogen) atoms. The molecule has 0 atom stereocenters. The Morgan fingerprint density at radius 3 is 2.41 bits per heavy atom. The van der Waals surface area contributed by atoms with E-state index in [0.29, 0.717) is 5.69 Å². The summed E-state index contributed by atoms with van der Waals surface area (Å²) >= 11 is 0. The number of hydrogen-bond acceptors (Lipinski definition) is 4. The number of anilines is 1. The molecular formula is C21H19NO4S. The Morgan fingerprint density at radius 1 is 0.926 bits per heavy atom. The van der Waals surface area contributed by atoms with Crippen molar-refractivity contribution in [2.24, 2.45) is 0 Å². The molecule has 138 valence electrons. The number of aryl methyl sites for hydroxylation is 1. The fourth-order valence-corrected chi connectivity index (χ4v) is 3.63. The van der Waals surface area contributed by atoms with Crippen LogP contribution in [-0.4, -0.2) is 14.4 Å². The summed E-state index contributed by atoms with van der Waals surface area (Å²) in [7, 11) is -3.72. The molecule has 0 aliphatic rings. The van der Waals surface area contributed by atoms with Crippen LogP contribution in [0.1, 0.15) is 21.5 Å². The van der Waals surface area contributed by atoms with Crippen molar-refractivity contribution in [1.82, 2.24) is 0 Å². The molecule has 3 rings (SSSR count). The number of ether oxygens (including phenoxy) is 1. The maximum absolute atomic E-state index is 12.4. The Labute approximate surface area is 158 Å². The highest BCUT2D eigenvalue weighted by molar-refractivity contribution is 7.92. The first-order valence-electron chi connectivity index (χ1n) is 8.35. The second kappa shape index (κ2) is 8.05. The average Bonchev–Trinajstić information content (AvgIpc) is 2.67. The standard InChI is InChI=1S/C21H19NO4S/c1-16-7-5-8-17(13-16)15-26-21(23)18-9-6-10-19(14-18)22-27(24,25)20-11-3-2-4-12-20/h2-14,22H,15H2,1H3. The van der Waals surface area contributed by atoms with Crippen molar-refractivity contribution in [2.45, 2.75) is 18.4 Å². The van der Waals surface area contributed by atoms with Crippen LogP contribution in [0.3, 0.4) is 0 Å². The molecule has 6 heteroatoms. The third-order valence-electron chi connectivity index (χ3n) is 3.86. The van der Waals surface area contributed by atoms with Crippen LogP contribution in [0, 0.1) is 6.92 Å². The van der Waals surface area contributed by atoms with E-state index in [2.05, 4.69) is 4.72 Å². The Kier molecular flexibility index (Phi) is 5.57. The molecule has 0 saturated heterocycles. The number of nitrogens with one attached hydrogen (secondary N) is 1. The lowest BCUT2D eigenvalue weighted by Gasteiger charge is -2.10. The van der Waals surface area contributed by atoms with Crippen LogP contribution < -0.4 is 4.72 Å². The molecule has 0 fully saturated rings. The predicted molar refractivity (Wildman–Crippen MR) is 104 cm³/mol. The molecular weight excluding hydrogens is 362 g/mol. The van der Waals surface area contributed by atoms with Crippen LogP contribution in [0.5, 0.6) is 0 Å². The summed E-state index contributed by atoms with van der Waals surface area (Å²) in [6, 6.07) is 21.9. The monoisotopic (exact) mass is 381 g/mol. The first-order valence-corrected chi connectivity index (χ1v) is 9.83. The minimum absolute atomic E-state index is 0.150. The summed E-state index contributed by atoms with van der Waals surface area (Å²) < 4.78 is 32.6. The van der Waals surface area contributed by atoms with Crippen LogP contribution in [-0.2, 0) is 21.4 Å². The molecule has 0 aliphatic carbocycles. The summed E-state index contributed by atoms with van der Waals surface area (Å²) in [6.45, 7) is 2.12. The largest absolute Gasteiger partial charge is 0.457 e. The second-order valence-electron chi connectivity index (χ2n) is 6.06. The number of sulfonamides is 1. The van der Waals surface area contributed by atoms with Crippen LogP contribution in [0.15, 0.2) is 83.8 Å². The molecule has 0 aliphatic heterocycles. The van der Waals surface area contributed by atoms with Crippen molar-refractivity contribution in [1.29, 1.82) is 0 Å². The van der Waals surface area contributed by atoms with Crippen molar-refractivity contribution in [2.75, 3.05) is 4.72 Å². The zero-order chi connectivity index (χ0) is 19.3. The van der Waals surface area contributed by atoms with Crippen LogP contribution >= 0.6 is 0 Å². The molecule has 3 aromatic rings. The highest BCUT2D eigenvalue weighted by Crippen LogP contribution is 2.18. The smallest absolute Gasteiger partial charge is 0.338 e. The number of esters is 1. The summed E-state index contributed by atoms with van der Waals surface area (Å²) in [5.41, 5.74) is 2.55. The van der Waals surface area contributed by atoms with E-state index in [1.165, 1.54) is 18.2 Å². The van der Waals surface area contributed by atoms with E-state index in [4.69, 9.17) is 4.74 Å². The minimum atomic E-state index is -3.72. The summed E-state index contributed by atoms with van der Waals surface area (Å²) in [6.07, 6.45) is 0. The van der Waals surface area contributed by atoms with Crippen molar-refractivity contribution >= 4 is 21.7 Å². The van der Waals surface area contributed by atoms with Crippen molar-refractivity contribution in [3.8, 4) is 0 Å². The third-order valence-corrected chi connectivity index (χ3v) is 5.25. The number of carbonyl (C=O) groups excluding carboxylic acids is 1. The van der Waals surface area contributed by atoms with E-state index < -0.39 is 16.0 Å². The average molecular weight is 381 g/mol. The lowest BCUT2D eigenvalue weighted by molar-refractivity contribution is 0.0472. The lowest BCUT2D eigenvalue weighted by atomic mass is 10.1. The fraction of sp³-hybridized carbons (Fsp3) is 0.0952. The van der Waals surface area contributed by atoms with Crippen LogP contribution in [0.25, 0.3) is 0 Å². The van der Waals surface area contributed by atoms with E-state index in [1.807, 2.05) is 31.2 Å². The van der Waals surface area contributed by atoms with Gasteiger partial charge in [-0.3, -0.25) is 4.72 Å². The lowest BCUT2D eigenvalue weighted by Crippen LogP contribution is -2.13. The Morgan fingerprint density at radius 2 is 1.67 bits per heavy atom. The van der Waals surface area contributed by atoms with Gasteiger partial charge in [-0.15, -0.1) is 0 Å². The van der Waals surface area contributed by atoms with Crippen LogP contribution in [0.4, 0.5) is 5.69 Å². The van der Waals surface area contributed by atoms with Crippen molar-refractivity contribution in [3.05, 3.63) is 95.6 Å². The first-order chi connectivity index (χ1) is 12.9. The van der Waals surface area contributed by atoms with Crippen molar-refractivity contribution in [3.63, 3.8) is 0 Å². The molecule has 0 saturated carbocycles. The SMILES string of the molecule is Cc1cccc(COC(=O)c2cccc(NS(=O)(=O)c3ccccc3)c2)c1. The van der Waals surface area contributed by atoms with E-state index >= 15 is 0 Å². The van der Waals surface area contributed by atoms with E-state index in [0.717, 1.165) is 11.1 Å². The highest BCUT2D eigenvalue weighted by atomic mass is 32.2. The van der Waals surface area contributed by atoms with Crippen LogP contribution in [0.2, 0.25) is 0 Å². The Balaban J connectivity index is 1.70. The molecule has 0 bridgehead atoms. The minimum Gasteiger partial charge on any atom is -0.457 e. The summed E-state index contributed by atoms with van der Waals surface area (Å²) in [5.74, 6) is -0.516. The molecule has 0 spiro atoms. The number of hydrogen-bond donors (Lipinski definition) is 1. The van der Waals surface area contributed by atoms with Gasteiger partial charge in [-0.25, -0.2) is 13.2 Å². The maximum Gasteiger partial charge on any atom is 0.338 e. The quantitative estimate of drug-likeness (QED) is 0.651. The first kappa shape index (κ1) is 18.7. The molecule has 0 amide bonds. The molecule has 0 unspecified atom stereocenters. The van der Waals surface area contributed by atoms with E-state index in [1.54, 1.807) is 36.4 Å². The van der Waals surface area contributed by atoms with Gasteiger partial charge in [0, 0.05) is 5.69 Å². The molecule has 5 nitrogen and oxygen atoms in total. The molecule has 3 aromatic carbocycles. The molecule has 1 N–H and O–H groups in total. The number of rotatable bonds is 6. The Bertz CT molecular complexity index is 1050. The third kappa shape index (κ3) is 4.95. The Hall–Kier alpha value is -3.12.